The van der Waals surface area contributed by atoms with E-state index in [1.54, 1.807) is 12.1 Å². The van der Waals surface area contributed by atoms with Gasteiger partial charge in [-0.25, -0.2) is 0 Å². The molecule has 1 saturated heterocycles. The van der Waals surface area contributed by atoms with Crippen molar-refractivity contribution in [1.82, 2.24) is 15.2 Å². The van der Waals surface area contributed by atoms with Gasteiger partial charge in [0.25, 0.3) is 0 Å². The Labute approximate surface area is 192 Å². The van der Waals surface area contributed by atoms with Gasteiger partial charge in [-0.1, -0.05) is 29.4 Å². The Kier molecular flexibility index (Phi) is 5.64. The van der Waals surface area contributed by atoms with Crippen molar-refractivity contribution in [2.75, 3.05) is 19.6 Å². The largest absolute Gasteiger partial charge is 0.508 e. The first-order chi connectivity index (χ1) is 16.0. The van der Waals surface area contributed by atoms with Crippen molar-refractivity contribution >= 4 is 0 Å². The molecule has 0 amide bonds. The Hall–Kier alpha value is -3.58. The van der Waals surface area contributed by atoms with Crippen molar-refractivity contribution < 1.29 is 18.9 Å². The summed E-state index contributed by atoms with van der Waals surface area (Å²) < 4.78 is 17.4. The summed E-state index contributed by atoms with van der Waals surface area (Å²) in [5.41, 5.74) is 4.86. The summed E-state index contributed by atoms with van der Waals surface area (Å²) in [6, 6.07) is 14.9. The maximum atomic E-state index is 9.71. The second kappa shape index (κ2) is 8.75. The van der Waals surface area contributed by atoms with Crippen LogP contribution in [0.15, 0.2) is 57.6 Å². The molecule has 0 radical (unpaired) electrons. The van der Waals surface area contributed by atoms with Gasteiger partial charge < -0.3 is 18.9 Å². The van der Waals surface area contributed by atoms with E-state index in [0.29, 0.717) is 17.2 Å². The number of aryl methyl sites for hydroxylation is 2. The third-order valence-electron chi connectivity index (χ3n) is 6.00. The summed E-state index contributed by atoms with van der Waals surface area (Å²) in [5, 5.41) is 18.2. The van der Waals surface area contributed by atoms with E-state index >= 15 is 0 Å². The summed E-state index contributed by atoms with van der Waals surface area (Å²) in [5.74, 6) is 2.34. The molecule has 0 atom stereocenters. The Morgan fingerprint density at radius 1 is 0.939 bits per heavy atom. The number of aromatic hydroxyl groups is 1. The highest BCUT2D eigenvalue weighted by molar-refractivity contribution is 5.91. The minimum absolute atomic E-state index is 0.195. The van der Waals surface area contributed by atoms with Crippen molar-refractivity contribution in [2.24, 2.45) is 0 Å². The van der Waals surface area contributed by atoms with Crippen LogP contribution in [0, 0.1) is 13.8 Å². The standard InChI is InChI=1S/C26H27N3O4/c1-4-13-29-14-22(15-29)31-21-11-7-18(8-12-21)24-25(23-16(2)27-32-17(23)3)28-33-26(24)19-5-9-20(30)10-6-19/h5-12,22,30H,4,13-15H2,1-3H3. The van der Waals surface area contributed by atoms with Crippen LogP contribution in [-0.4, -0.2) is 46.1 Å². The molecule has 1 aliphatic heterocycles. The van der Waals surface area contributed by atoms with E-state index in [-0.39, 0.29) is 11.9 Å². The monoisotopic (exact) mass is 445 g/mol. The smallest absolute Gasteiger partial charge is 0.175 e. The maximum Gasteiger partial charge on any atom is 0.175 e. The fourth-order valence-corrected chi connectivity index (χ4v) is 4.35. The van der Waals surface area contributed by atoms with Crippen LogP contribution >= 0.6 is 0 Å². The molecule has 33 heavy (non-hydrogen) atoms. The zero-order valence-corrected chi connectivity index (χ0v) is 19.0. The number of benzene rings is 2. The van der Waals surface area contributed by atoms with Crippen LogP contribution in [0.1, 0.15) is 24.8 Å². The summed E-state index contributed by atoms with van der Waals surface area (Å²) >= 11 is 0. The molecule has 3 heterocycles. The van der Waals surface area contributed by atoms with Crippen LogP contribution in [0.25, 0.3) is 33.7 Å². The molecule has 170 valence electrons. The molecule has 0 spiro atoms. The molecule has 1 N–H and O–H groups in total. The molecule has 0 aliphatic carbocycles. The van der Waals surface area contributed by atoms with Crippen LogP contribution < -0.4 is 4.74 Å². The molecule has 0 bridgehead atoms. The van der Waals surface area contributed by atoms with E-state index in [0.717, 1.165) is 59.8 Å². The topological polar surface area (TPSA) is 84.8 Å². The number of phenolic OH excluding ortho intramolecular Hbond substituents is 1. The molecular weight excluding hydrogens is 418 g/mol. The Morgan fingerprint density at radius 3 is 2.27 bits per heavy atom. The van der Waals surface area contributed by atoms with Crippen LogP contribution in [0.2, 0.25) is 0 Å². The minimum Gasteiger partial charge on any atom is -0.508 e. The van der Waals surface area contributed by atoms with Crippen molar-refractivity contribution in [1.29, 1.82) is 0 Å². The zero-order valence-electron chi connectivity index (χ0n) is 19.0. The summed E-state index contributed by atoms with van der Waals surface area (Å²) in [7, 11) is 0. The van der Waals surface area contributed by atoms with Crippen molar-refractivity contribution in [3.05, 3.63) is 60.0 Å². The van der Waals surface area contributed by atoms with Gasteiger partial charge in [-0.15, -0.1) is 0 Å². The number of aromatic nitrogens is 2. The number of likely N-dealkylation sites (tertiary alicyclic amines) is 1. The van der Waals surface area contributed by atoms with E-state index in [2.05, 4.69) is 22.1 Å². The molecule has 0 unspecified atom stereocenters. The Balaban J connectivity index is 1.49. The number of ether oxygens (including phenoxy) is 1. The normalized spacial score (nSPS) is 14.4. The minimum atomic E-state index is 0.195. The fourth-order valence-electron chi connectivity index (χ4n) is 4.35. The van der Waals surface area contributed by atoms with Gasteiger partial charge in [0, 0.05) is 18.7 Å². The average molecular weight is 446 g/mol. The van der Waals surface area contributed by atoms with E-state index in [1.807, 2.05) is 50.2 Å². The van der Waals surface area contributed by atoms with Gasteiger partial charge in [-0.05, 0) is 68.8 Å². The molecular formula is C26H27N3O4. The van der Waals surface area contributed by atoms with Crippen molar-refractivity contribution in [3.8, 4) is 45.2 Å². The van der Waals surface area contributed by atoms with E-state index in [1.165, 1.54) is 0 Å². The molecule has 0 saturated carbocycles. The molecule has 1 aliphatic rings. The predicted molar refractivity (Wildman–Crippen MR) is 125 cm³/mol. The van der Waals surface area contributed by atoms with E-state index in [4.69, 9.17) is 13.8 Å². The van der Waals surface area contributed by atoms with E-state index in [9.17, 15) is 5.11 Å². The maximum absolute atomic E-state index is 9.71. The molecule has 2 aromatic carbocycles. The third-order valence-corrected chi connectivity index (χ3v) is 6.00. The quantitative estimate of drug-likeness (QED) is 0.404. The Bertz CT molecular complexity index is 1220. The molecule has 2 aromatic heterocycles. The lowest BCUT2D eigenvalue weighted by Gasteiger charge is -2.38. The molecule has 1 fully saturated rings. The van der Waals surface area contributed by atoms with Gasteiger partial charge >= 0.3 is 0 Å². The van der Waals surface area contributed by atoms with Crippen LogP contribution in [0.3, 0.4) is 0 Å². The summed E-state index contributed by atoms with van der Waals surface area (Å²) in [6.07, 6.45) is 1.40. The molecule has 4 aromatic rings. The lowest BCUT2D eigenvalue weighted by molar-refractivity contribution is 0.0203. The van der Waals surface area contributed by atoms with Crippen LogP contribution in [0.5, 0.6) is 11.5 Å². The van der Waals surface area contributed by atoms with Gasteiger partial charge in [0.1, 0.15) is 29.1 Å². The van der Waals surface area contributed by atoms with Crippen LogP contribution in [-0.2, 0) is 0 Å². The molecule has 7 heteroatoms. The second-order valence-corrected chi connectivity index (χ2v) is 8.51. The van der Waals surface area contributed by atoms with Crippen molar-refractivity contribution in [2.45, 2.75) is 33.3 Å². The highest BCUT2D eigenvalue weighted by Crippen LogP contribution is 2.42. The lowest BCUT2D eigenvalue weighted by Crippen LogP contribution is -2.53. The highest BCUT2D eigenvalue weighted by Gasteiger charge is 2.28. The number of phenols is 1. The van der Waals surface area contributed by atoms with Gasteiger partial charge in [-0.3, -0.25) is 4.90 Å². The van der Waals surface area contributed by atoms with Crippen LogP contribution in [0.4, 0.5) is 0 Å². The molecule has 5 rings (SSSR count). The molecule has 7 nitrogen and oxygen atoms in total. The highest BCUT2D eigenvalue weighted by atomic mass is 16.5. The summed E-state index contributed by atoms with van der Waals surface area (Å²) in [4.78, 5) is 2.40. The van der Waals surface area contributed by atoms with Crippen molar-refractivity contribution in [3.63, 3.8) is 0 Å². The second-order valence-electron chi connectivity index (χ2n) is 8.51. The number of rotatable bonds is 7. The lowest BCUT2D eigenvalue weighted by atomic mass is 9.95. The summed E-state index contributed by atoms with van der Waals surface area (Å²) in [6.45, 7) is 9.02. The first-order valence-electron chi connectivity index (χ1n) is 11.2. The first kappa shape index (κ1) is 21.3. The number of nitrogens with zero attached hydrogens (tertiary/aromatic N) is 3. The van der Waals surface area contributed by atoms with Gasteiger partial charge in [0.2, 0.25) is 0 Å². The third kappa shape index (κ3) is 4.12. The predicted octanol–water partition coefficient (Wildman–Crippen LogP) is 5.46. The fraction of sp³-hybridized carbons (Fsp3) is 0.308. The number of hydrogen-bond donors (Lipinski definition) is 1. The zero-order chi connectivity index (χ0) is 22.9. The van der Waals surface area contributed by atoms with E-state index < -0.39 is 0 Å². The van der Waals surface area contributed by atoms with Gasteiger partial charge in [0.05, 0.1) is 16.8 Å². The number of hydrogen-bond acceptors (Lipinski definition) is 7. The average Bonchev–Trinajstić information content (AvgIpc) is 3.36. The Morgan fingerprint density at radius 2 is 1.64 bits per heavy atom. The SMILES string of the molecule is CCCN1CC(Oc2ccc(-c3c(-c4c(C)noc4C)noc3-c3ccc(O)cc3)cc2)C1. The van der Waals surface area contributed by atoms with Gasteiger partial charge in [0.15, 0.2) is 5.76 Å². The first-order valence-corrected chi connectivity index (χ1v) is 11.2. The van der Waals surface area contributed by atoms with Gasteiger partial charge in [-0.2, -0.15) is 0 Å².